The Morgan fingerprint density at radius 2 is 1.89 bits per heavy atom. The van der Waals surface area contributed by atoms with E-state index in [1.54, 1.807) is 26.0 Å². The summed E-state index contributed by atoms with van der Waals surface area (Å²) in [6.07, 6.45) is -1.30. The highest BCUT2D eigenvalue weighted by atomic mass is 32.2. The summed E-state index contributed by atoms with van der Waals surface area (Å²) in [5, 5.41) is 0. The van der Waals surface area contributed by atoms with Crippen molar-refractivity contribution in [2.45, 2.75) is 32.6 Å². The van der Waals surface area contributed by atoms with Crippen LogP contribution in [-0.4, -0.2) is 21.1 Å². The van der Waals surface area contributed by atoms with Gasteiger partial charge in [0.05, 0.1) is 17.1 Å². The molecule has 0 aliphatic carbocycles. The van der Waals surface area contributed by atoms with Gasteiger partial charge in [-0.15, -0.1) is 0 Å². The zero-order valence-corrected chi connectivity index (χ0v) is 16.1. The molecule has 1 heterocycles. The summed E-state index contributed by atoms with van der Waals surface area (Å²) in [4.78, 5) is 13.1. The molecule has 0 bridgehead atoms. The molecule has 0 spiro atoms. The van der Waals surface area contributed by atoms with E-state index in [1.807, 2.05) is 19.1 Å². The molecule has 0 aromatic heterocycles. The Bertz CT molecular complexity index is 974. The standard InChI is InChI=1S/C19H21FN2O4S/c1-4-22-18-16(13(3)26-19(22)23)9-15(10-17(18)20)21-27(24,25)11-14-7-5-12(2)6-8-14/h5-10,13,21H,4,11H2,1-3H3. The molecule has 3 rings (SSSR count). The van der Waals surface area contributed by atoms with Crippen molar-refractivity contribution in [3.8, 4) is 0 Å². The Hall–Kier alpha value is -2.61. The van der Waals surface area contributed by atoms with Crippen LogP contribution in [0, 0.1) is 12.7 Å². The van der Waals surface area contributed by atoms with Gasteiger partial charge in [-0.25, -0.2) is 17.6 Å². The number of benzene rings is 2. The van der Waals surface area contributed by atoms with Crippen LogP contribution in [0.25, 0.3) is 0 Å². The Morgan fingerprint density at radius 1 is 1.22 bits per heavy atom. The molecule has 2 aromatic rings. The number of cyclic esters (lactones) is 1. The van der Waals surface area contributed by atoms with E-state index in [1.165, 1.54) is 11.0 Å². The molecule has 1 aliphatic heterocycles. The van der Waals surface area contributed by atoms with Gasteiger partial charge in [-0.3, -0.25) is 9.62 Å². The third-order valence-electron chi connectivity index (χ3n) is 4.37. The number of rotatable bonds is 5. The summed E-state index contributed by atoms with van der Waals surface area (Å²) < 4.78 is 47.2. The first kappa shape index (κ1) is 19.2. The number of fused-ring (bicyclic) bond motifs is 1. The van der Waals surface area contributed by atoms with Gasteiger partial charge in [0.1, 0.15) is 11.9 Å². The number of hydrogen-bond acceptors (Lipinski definition) is 4. The van der Waals surface area contributed by atoms with Crippen molar-refractivity contribution >= 4 is 27.5 Å². The molecule has 6 nitrogen and oxygen atoms in total. The lowest BCUT2D eigenvalue weighted by Gasteiger charge is -2.32. The predicted molar refractivity (Wildman–Crippen MR) is 102 cm³/mol. The number of nitrogens with one attached hydrogen (secondary N) is 1. The number of sulfonamides is 1. The molecule has 27 heavy (non-hydrogen) atoms. The molecular formula is C19H21FN2O4S. The third kappa shape index (κ3) is 4.05. The molecule has 2 aromatic carbocycles. The van der Waals surface area contributed by atoms with Gasteiger partial charge in [0.15, 0.2) is 0 Å². The van der Waals surface area contributed by atoms with Crippen LogP contribution in [0.1, 0.15) is 36.6 Å². The summed E-state index contributed by atoms with van der Waals surface area (Å²) in [6, 6.07) is 9.73. The minimum absolute atomic E-state index is 0.0965. The van der Waals surface area contributed by atoms with Crippen LogP contribution in [0.3, 0.4) is 0 Å². The summed E-state index contributed by atoms with van der Waals surface area (Å²) in [7, 11) is -3.73. The second-order valence-electron chi connectivity index (χ2n) is 6.51. The van der Waals surface area contributed by atoms with E-state index < -0.39 is 28.0 Å². The van der Waals surface area contributed by atoms with Crippen LogP contribution < -0.4 is 9.62 Å². The second kappa shape index (κ2) is 7.19. The van der Waals surface area contributed by atoms with Gasteiger partial charge in [0, 0.05) is 18.2 Å². The maximum Gasteiger partial charge on any atom is 0.414 e. The number of nitrogens with zero attached hydrogens (tertiary/aromatic N) is 1. The maximum atomic E-state index is 14.7. The fourth-order valence-corrected chi connectivity index (χ4v) is 4.23. The van der Waals surface area contributed by atoms with E-state index in [4.69, 9.17) is 4.74 Å². The molecular weight excluding hydrogens is 371 g/mol. The zero-order valence-electron chi connectivity index (χ0n) is 15.3. The zero-order chi connectivity index (χ0) is 19.8. The minimum atomic E-state index is -3.73. The van der Waals surface area contributed by atoms with Gasteiger partial charge in [-0.1, -0.05) is 29.8 Å². The van der Waals surface area contributed by atoms with E-state index in [0.29, 0.717) is 11.1 Å². The number of anilines is 2. The topological polar surface area (TPSA) is 75.7 Å². The average Bonchev–Trinajstić information content (AvgIpc) is 2.57. The van der Waals surface area contributed by atoms with E-state index in [9.17, 15) is 17.6 Å². The molecule has 0 radical (unpaired) electrons. The highest BCUT2D eigenvalue weighted by Gasteiger charge is 2.32. The quantitative estimate of drug-likeness (QED) is 0.831. The number of hydrogen-bond donors (Lipinski definition) is 1. The SMILES string of the molecule is CCN1C(=O)OC(C)c2cc(NS(=O)(=O)Cc3ccc(C)cc3)cc(F)c21. The van der Waals surface area contributed by atoms with Gasteiger partial charge in [0.2, 0.25) is 10.0 Å². The van der Waals surface area contributed by atoms with Crippen LogP contribution in [0.4, 0.5) is 20.6 Å². The van der Waals surface area contributed by atoms with Crippen molar-refractivity contribution in [1.29, 1.82) is 0 Å². The maximum absolute atomic E-state index is 14.7. The average molecular weight is 392 g/mol. The Labute approximate surface area is 158 Å². The number of carbonyl (C=O) groups is 1. The van der Waals surface area contributed by atoms with E-state index in [-0.39, 0.29) is 23.7 Å². The summed E-state index contributed by atoms with van der Waals surface area (Å²) in [5.41, 5.74) is 2.31. The first-order valence-corrected chi connectivity index (χ1v) is 10.2. The number of aryl methyl sites for hydroxylation is 1. The summed E-state index contributed by atoms with van der Waals surface area (Å²) in [6.45, 7) is 5.49. The monoisotopic (exact) mass is 392 g/mol. The van der Waals surface area contributed by atoms with Gasteiger partial charge < -0.3 is 4.74 Å². The van der Waals surface area contributed by atoms with E-state index >= 15 is 0 Å². The minimum Gasteiger partial charge on any atom is -0.441 e. The largest absolute Gasteiger partial charge is 0.441 e. The van der Waals surface area contributed by atoms with Crippen LogP contribution in [-0.2, 0) is 20.5 Å². The van der Waals surface area contributed by atoms with E-state index in [0.717, 1.165) is 11.6 Å². The Morgan fingerprint density at radius 3 is 2.52 bits per heavy atom. The summed E-state index contributed by atoms with van der Waals surface area (Å²) >= 11 is 0. The first-order valence-electron chi connectivity index (χ1n) is 8.58. The molecule has 1 unspecified atom stereocenters. The van der Waals surface area contributed by atoms with Crippen LogP contribution in [0.5, 0.6) is 0 Å². The lowest BCUT2D eigenvalue weighted by molar-refractivity contribution is 0.107. The normalized spacial score (nSPS) is 16.7. The van der Waals surface area contributed by atoms with Crippen molar-refractivity contribution < 1.29 is 22.3 Å². The number of ether oxygens (including phenoxy) is 1. The summed E-state index contributed by atoms with van der Waals surface area (Å²) in [5.74, 6) is -0.900. The number of halogens is 1. The number of amides is 1. The molecule has 1 amide bonds. The second-order valence-corrected chi connectivity index (χ2v) is 8.24. The van der Waals surface area contributed by atoms with Crippen molar-refractivity contribution in [3.05, 3.63) is 58.9 Å². The Kier molecular flexibility index (Phi) is 5.10. The highest BCUT2D eigenvalue weighted by Crippen LogP contribution is 2.38. The molecule has 0 saturated carbocycles. The van der Waals surface area contributed by atoms with E-state index in [2.05, 4.69) is 4.72 Å². The van der Waals surface area contributed by atoms with Gasteiger partial charge in [-0.2, -0.15) is 0 Å². The fraction of sp³-hybridized carbons (Fsp3) is 0.316. The molecule has 1 aliphatic rings. The van der Waals surface area contributed by atoms with Gasteiger partial charge in [0.25, 0.3) is 0 Å². The fourth-order valence-electron chi connectivity index (χ4n) is 3.05. The highest BCUT2D eigenvalue weighted by molar-refractivity contribution is 7.91. The molecule has 8 heteroatoms. The predicted octanol–water partition coefficient (Wildman–Crippen LogP) is 4.11. The van der Waals surface area contributed by atoms with Crippen molar-refractivity contribution in [2.75, 3.05) is 16.2 Å². The third-order valence-corrected chi connectivity index (χ3v) is 5.63. The Balaban J connectivity index is 1.90. The lowest BCUT2D eigenvalue weighted by Crippen LogP contribution is -2.37. The van der Waals surface area contributed by atoms with Crippen LogP contribution >= 0.6 is 0 Å². The lowest BCUT2D eigenvalue weighted by atomic mass is 10.0. The van der Waals surface area contributed by atoms with Crippen molar-refractivity contribution in [2.24, 2.45) is 0 Å². The smallest absolute Gasteiger partial charge is 0.414 e. The molecule has 0 saturated heterocycles. The molecule has 144 valence electrons. The van der Waals surface area contributed by atoms with Crippen molar-refractivity contribution in [1.82, 2.24) is 0 Å². The molecule has 1 atom stereocenters. The van der Waals surface area contributed by atoms with Gasteiger partial charge in [-0.05, 0) is 32.4 Å². The van der Waals surface area contributed by atoms with Gasteiger partial charge >= 0.3 is 6.09 Å². The molecule has 0 fully saturated rings. The molecule has 1 N–H and O–H groups in total. The van der Waals surface area contributed by atoms with Crippen molar-refractivity contribution in [3.63, 3.8) is 0 Å². The first-order chi connectivity index (χ1) is 12.7. The number of carbonyl (C=O) groups excluding carboxylic acids is 1. The van der Waals surface area contributed by atoms with Crippen LogP contribution in [0.15, 0.2) is 36.4 Å². The van der Waals surface area contributed by atoms with Crippen LogP contribution in [0.2, 0.25) is 0 Å².